The van der Waals surface area contributed by atoms with Crippen LogP contribution in [0.5, 0.6) is 0 Å². The van der Waals surface area contributed by atoms with Crippen LogP contribution >= 0.6 is 0 Å². The molecule has 2 N–H and O–H groups in total. The van der Waals surface area contributed by atoms with Crippen molar-refractivity contribution < 1.29 is 9.59 Å². The van der Waals surface area contributed by atoms with E-state index in [0.29, 0.717) is 19.5 Å². The summed E-state index contributed by atoms with van der Waals surface area (Å²) >= 11 is 0. The summed E-state index contributed by atoms with van der Waals surface area (Å²) in [7, 11) is 0. The average molecular weight is 275 g/mol. The van der Waals surface area contributed by atoms with E-state index < -0.39 is 6.04 Å². The quantitative estimate of drug-likeness (QED) is 0.823. The molecule has 1 aliphatic rings. The first kappa shape index (κ1) is 14.5. The second-order valence-electron chi connectivity index (χ2n) is 5.02. The number of benzene rings is 1. The number of carbonyl (C=O) groups excluding carboxylic acids is 2. The zero-order valence-corrected chi connectivity index (χ0v) is 11.8. The number of hydrogen-bond acceptors (Lipinski definition) is 3. The van der Waals surface area contributed by atoms with Crippen LogP contribution in [0.25, 0.3) is 0 Å². The van der Waals surface area contributed by atoms with E-state index in [2.05, 4.69) is 10.6 Å². The first-order valence-corrected chi connectivity index (χ1v) is 6.97. The largest absolute Gasteiger partial charge is 0.344 e. The number of rotatable bonds is 4. The molecule has 108 valence electrons. The molecule has 0 spiro atoms. The van der Waals surface area contributed by atoms with Crippen molar-refractivity contribution in [2.75, 3.05) is 26.2 Å². The van der Waals surface area contributed by atoms with Crippen molar-refractivity contribution >= 4 is 11.8 Å². The number of nitrogens with one attached hydrogen (secondary N) is 2. The SMILES string of the molecule is CC(=O)NC(Cc1ccccc1)C(=O)N1CCNCC1. The van der Waals surface area contributed by atoms with Crippen LogP contribution in [0.4, 0.5) is 0 Å². The van der Waals surface area contributed by atoms with Crippen molar-refractivity contribution in [2.45, 2.75) is 19.4 Å². The van der Waals surface area contributed by atoms with E-state index >= 15 is 0 Å². The lowest BCUT2D eigenvalue weighted by Crippen LogP contribution is -2.54. The summed E-state index contributed by atoms with van der Waals surface area (Å²) in [6, 6.07) is 9.28. The first-order chi connectivity index (χ1) is 9.66. The van der Waals surface area contributed by atoms with E-state index in [-0.39, 0.29) is 11.8 Å². The molecular weight excluding hydrogens is 254 g/mol. The first-order valence-electron chi connectivity index (χ1n) is 6.97. The molecule has 20 heavy (non-hydrogen) atoms. The number of amides is 2. The minimum Gasteiger partial charge on any atom is -0.344 e. The molecule has 1 fully saturated rings. The lowest BCUT2D eigenvalue weighted by Gasteiger charge is -2.31. The summed E-state index contributed by atoms with van der Waals surface area (Å²) in [6.45, 7) is 4.46. The van der Waals surface area contributed by atoms with Gasteiger partial charge in [-0.1, -0.05) is 30.3 Å². The lowest BCUT2D eigenvalue weighted by atomic mass is 10.0. The van der Waals surface area contributed by atoms with Gasteiger partial charge in [-0.25, -0.2) is 0 Å². The Morgan fingerprint density at radius 3 is 2.50 bits per heavy atom. The highest BCUT2D eigenvalue weighted by Gasteiger charge is 2.26. The second kappa shape index (κ2) is 7.05. The molecule has 1 heterocycles. The molecule has 0 radical (unpaired) electrons. The molecule has 2 rings (SSSR count). The normalized spacial score (nSPS) is 16.6. The Morgan fingerprint density at radius 2 is 1.90 bits per heavy atom. The van der Waals surface area contributed by atoms with Gasteiger partial charge in [-0.3, -0.25) is 9.59 Å². The minimum absolute atomic E-state index is 0.00514. The summed E-state index contributed by atoms with van der Waals surface area (Å²) in [5.74, 6) is -0.167. The fraction of sp³-hybridized carbons (Fsp3) is 0.467. The maximum Gasteiger partial charge on any atom is 0.245 e. The van der Waals surface area contributed by atoms with E-state index in [1.807, 2.05) is 35.2 Å². The highest BCUT2D eigenvalue weighted by Crippen LogP contribution is 2.07. The summed E-state index contributed by atoms with van der Waals surface area (Å²) in [4.78, 5) is 25.7. The maximum atomic E-state index is 12.5. The van der Waals surface area contributed by atoms with E-state index in [4.69, 9.17) is 0 Å². The third-order valence-corrected chi connectivity index (χ3v) is 3.39. The number of carbonyl (C=O) groups is 2. The summed E-state index contributed by atoms with van der Waals surface area (Å²) in [5, 5.41) is 5.99. The predicted octanol–water partition coefficient (Wildman–Crippen LogP) is 0.166. The molecule has 0 aliphatic carbocycles. The van der Waals surface area contributed by atoms with E-state index in [0.717, 1.165) is 18.7 Å². The third-order valence-electron chi connectivity index (χ3n) is 3.39. The highest BCUT2D eigenvalue weighted by atomic mass is 16.2. The van der Waals surface area contributed by atoms with Crippen LogP contribution in [0, 0.1) is 0 Å². The third kappa shape index (κ3) is 4.06. The molecule has 5 nitrogen and oxygen atoms in total. The fourth-order valence-corrected chi connectivity index (χ4v) is 2.40. The molecule has 1 unspecified atom stereocenters. The molecule has 0 bridgehead atoms. The predicted molar refractivity (Wildman–Crippen MR) is 77.2 cm³/mol. The Kier molecular flexibility index (Phi) is 5.12. The van der Waals surface area contributed by atoms with Crippen molar-refractivity contribution in [3.05, 3.63) is 35.9 Å². The Bertz CT molecular complexity index is 455. The smallest absolute Gasteiger partial charge is 0.245 e. The van der Waals surface area contributed by atoms with Crippen LogP contribution in [0.2, 0.25) is 0 Å². The summed E-state index contributed by atoms with van der Waals surface area (Å²) < 4.78 is 0. The molecule has 1 aromatic rings. The lowest BCUT2D eigenvalue weighted by molar-refractivity contribution is -0.136. The Morgan fingerprint density at radius 1 is 1.25 bits per heavy atom. The van der Waals surface area contributed by atoms with Gasteiger partial charge in [-0.2, -0.15) is 0 Å². The average Bonchev–Trinajstić information content (AvgIpc) is 2.47. The van der Waals surface area contributed by atoms with Crippen LogP contribution < -0.4 is 10.6 Å². The van der Waals surface area contributed by atoms with Gasteiger partial charge in [0.05, 0.1) is 0 Å². The van der Waals surface area contributed by atoms with Crippen LogP contribution in [0.3, 0.4) is 0 Å². The standard InChI is InChI=1S/C15H21N3O2/c1-12(19)17-14(11-13-5-3-2-4-6-13)15(20)18-9-7-16-8-10-18/h2-6,14,16H,7-11H2,1H3,(H,17,19). The molecular formula is C15H21N3O2. The van der Waals surface area contributed by atoms with E-state index in [1.54, 1.807) is 0 Å². The second-order valence-corrected chi connectivity index (χ2v) is 5.02. The van der Waals surface area contributed by atoms with Gasteiger partial charge >= 0.3 is 0 Å². The van der Waals surface area contributed by atoms with Gasteiger partial charge in [0.25, 0.3) is 0 Å². The molecule has 2 amide bonds. The van der Waals surface area contributed by atoms with Gasteiger partial charge in [-0.15, -0.1) is 0 Å². The van der Waals surface area contributed by atoms with Gasteiger partial charge in [0.1, 0.15) is 6.04 Å². The maximum absolute atomic E-state index is 12.5. The van der Waals surface area contributed by atoms with Crippen LogP contribution in [0.15, 0.2) is 30.3 Å². The van der Waals surface area contributed by atoms with Crippen molar-refractivity contribution in [1.29, 1.82) is 0 Å². The zero-order valence-electron chi connectivity index (χ0n) is 11.8. The van der Waals surface area contributed by atoms with Crippen LogP contribution in [-0.4, -0.2) is 48.9 Å². The monoisotopic (exact) mass is 275 g/mol. The number of nitrogens with zero attached hydrogens (tertiary/aromatic N) is 1. The molecule has 0 aromatic heterocycles. The number of piperazine rings is 1. The van der Waals surface area contributed by atoms with Crippen molar-refractivity contribution in [3.8, 4) is 0 Å². The van der Waals surface area contributed by atoms with Crippen LogP contribution in [-0.2, 0) is 16.0 Å². The van der Waals surface area contributed by atoms with Crippen LogP contribution in [0.1, 0.15) is 12.5 Å². The van der Waals surface area contributed by atoms with Gasteiger partial charge in [0, 0.05) is 39.5 Å². The molecule has 1 aliphatic heterocycles. The molecule has 5 heteroatoms. The fourth-order valence-electron chi connectivity index (χ4n) is 2.40. The Hall–Kier alpha value is -1.88. The highest BCUT2D eigenvalue weighted by molar-refractivity contribution is 5.87. The van der Waals surface area contributed by atoms with E-state index in [1.165, 1.54) is 6.92 Å². The minimum atomic E-state index is -0.479. The molecule has 0 saturated carbocycles. The van der Waals surface area contributed by atoms with Crippen molar-refractivity contribution in [2.24, 2.45) is 0 Å². The zero-order chi connectivity index (χ0) is 14.4. The van der Waals surface area contributed by atoms with Gasteiger partial charge in [0.2, 0.25) is 11.8 Å². The molecule has 1 atom stereocenters. The van der Waals surface area contributed by atoms with Gasteiger partial charge < -0.3 is 15.5 Å². The topological polar surface area (TPSA) is 61.4 Å². The van der Waals surface area contributed by atoms with Crippen molar-refractivity contribution in [3.63, 3.8) is 0 Å². The molecule has 1 saturated heterocycles. The number of hydrogen-bond donors (Lipinski definition) is 2. The summed E-state index contributed by atoms with van der Waals surface area (Å²) in [5.41, 5.74) is 1.05. The summed E-state index contributed by atoms with van der Waals surface area (Å²) in [6.07, 6.45) is 0.531. The Balaban J connectivity index is 2.05. The van der Waals surface area contributed by atoms with Gasteiger partial charge in [0.15, 0.2) is 0 Å². The van der Waals surface area contributed by atoms with E-state index in [9.17, 15) is 9.59 Å². The molecule has 1 aromatic carbocycles. The van der Waals surface area contributed by atoms with Gasteiger partial charge in [-0.05, 0) is 5.56 Å². The Labute approximate surface area is 119 Å². The van der Waals surface area contributed by atoms with Crippen molar-refractivity contribution in [1.82, 2.24) is 15.5 Å².